The molecule has 2 heterocycles. The van der Waals surface area contributed by atoms with E-state index in [4.69, 9.17) is 0 Å². The van der Waals surface area contributed by atoms with Crippen LogP contribution in [0.5, 0.6) is 0 Å². The molecule has 0 aliphatic heterocycles. The number of hydrogen-bond donors (Lipinski definition) is 1. The number of nitrogens with zero attached hydrogens (tertiary/aromatic N) is 2. The van der Waals surface area contributed by atoms with E-state index in [2.05, 4.69) is 41.3 Å². The number of nitrogens with one attached hydrogen (secondary N) is 1. The van der Waals surface area contributed by atoms with Gasteiger partial charge in [-0.3, -0.25) is 0 Å². The summed E-state index contributed by atoms with van der Waals surface area (Å²) in [6, 6.07) is 6.71. The largest absolute Gasteiger partial charge is 0.367 e. The zero-order valence-electron chi connectivity index (χ0n) is 10.4. The lowest BCUT2D eigenvalue weighted by Crippen LogP contribution is -2.18. The average molecular weight is 247 g/mol. The van der Waals surface area contributed by atoms with Crippen LogP contribution in [0.3, 0.4) is 0 Å². The lowest BCUT2D eigenvalue weighted by atomic mass is 10.2. The van der Waals surface area contributed by atoms with Gasteiger partial charge in [0.15, 0.2) is 0 Å². The molecule has 4 heteroatoms. The van der Waals surface area contributed by atoms with Crippen LogP contribution in [-0.4, -0.2) is 16.0 Å². The fourth-order valence-corrected chi connectivity index (χ4v) is 2.75. The van der Waals surface area contributed by atoms with Gasteiger partial charge in [-0.05, 0) is 32.9 Å². The molecule has 0 fully saturated rings. The molecule has 0 amide bonds. The molecule has 1 N–H and O–H groups in total. The number of aromatic nitrogens is 2. The molecule has 1 atom stereocenters. The predicted molar refractivity (Wildman–Crippen MR) is 72.6 cm³/mol. The summed E-state index contributed by atoms with van der Waals surface area (Å²) >= 11 is 1.86. The highest BCUT2D eigenvalue weighted by Gasteiger charge is 2.06. The Hall–Kier alpha value is -1.42. The molecule has 0 radical (unpaired) electrons. The van der Waals surface area contributed by atoms with Gasteiger partial charge in [0, 0.05) is 34.0 Å². The van der Waals surface area contributed by atoms with E-state index in [-0.39, 0.29) is 0 Å². The van der Waals surface area contributed by atoms with Crippen molar-refractivity contribution in [1.82, 2.24) is 9.97 Å². The van der Waals surface area contributed by atoms with Gasteiger partial charge < -0.3 is 5.32 Å². The average Bonchev–Trinajstić information content (AvgIpc) is 2.63. The maximum Gasteiger partial charge on any atom is 0.129 e. The van der Waals surface area contributed by atoms with E-state index < -0.39 is 0 Å². The monoisotopic (exact) mass is 247 g/mol. The molecule has 1 unspecified atom stereocenters. The minimum absolute atomic E-state index is 0.377. The standard InChI is InChI=1S/C13H17N3S/c1-9-7-13(15-8-14-9)16-10(2)6-12-5-4-11(3)17-12/h4-5,7-8,10H,6H2,1-3H3,(H,14,15,16). The zero-order valence-corrected chi connectivity index (χ0v) is 11.2. The highest BCUT2D eigenvalue weighted by Crippen LogP contribution is 2.17. The van der Waals surface area contributed by atoms with Crippen molar-refractivity contribution in [2.24, 2.45) is 0 Å². The summed E-state index contributed by atoms with van der Waals surface area (Å²) in [6.45, 7) is 6.28. The Labute approximate surface area is 106 Å². The molecule has 2 aromatic heterocycles. The minimum Gasteiger partial charge on any atom is -0.367 e. The summed E-state index contributed by atoms with van der Waals surface area (Å²) in [4.78, 5) is 11.1. The fourth-order valence-electron chi connectivity index (χ4n) is 1.73. The van der Waals surface area contributed by atoms with Crippen molar-refractivity contribution < 1.29 is 0 Å². The van der Waals surface area contributed by atoms with Crippen molar-refractivity contribution in [2.75, 3.05) is 5.32 Å². The smallest absolute Gasteiger partial charge is 0.129 e. The Kier molecular flexibility index (Phi) is 3.74. The van der Waals surface area contributed by atoms with Crippen LogP contribution in [0.4, 0.5) is 5.82 Å². The second-order valence-electron chi connectivity index (χ2n) is 4.31. The second kappa shape index (κ2) is 5.27. The van der Waals surface area contributed by atoms with Crippen LogP contribution < -0.4 is 5.32 Å². The molecule has 0 saturated heterocycles. The van der Waals surface area contributed by atoms with Crippen LogP contribution in [0, 0.1) is 13.8 Å². The molecular weight excluding hydrogens is 230 g/mol. The highest BCUT2D eigenvalue weighted by atomic mass is 32.1. The molecular formula is C13H17N3S. The Bertz CT molecular complexity index is 493. The maximum absolute atomic E-state index is 4.21. The maximum atomic E-state index is 4.21. The van der Waals surface area contributed by atoms with E-state index in [0.29, 0.717) is 6.04 Å². The van der Waals surface area contributed by atoms with Crippen molar-refractivity contribution in [3.63, 3.8) is 0 Å². The van der Waals surface area contributed by atoms with Crippen molar-refractivity contribution in [3.05, 3.63) is 40.0 Å². The number of anilines is 1. The summed E-state index contributed by atoms with van der Waals surface area (Å²) < 4.78 is 0. The van der Waals surface area contributed by atoms with Gasteiger partial charge in [0.25, 0.3) is 0 Å². The van der Waals surface area contributed by atoms with E-state index >= 15 is 0 Å². The third kappa shape index (κ3) is 3.53. The molecule has 2 aromatic rings. The second-order valence-corrected chi connectivity index (χ2v) is 5.68. The van der Waals surface area contributed by atoms with E-state index in [0.717, 1.165) is 17.9 Å². The van der Waals surface area contributed by atoms with Crippen LogP contribution in [0.2, 0.25) is 0 Å². The molecule has 17 heavy (non-hydrogen) atoms. The number of aryl methyl sites for hydroxylation is 2. The quantitative estimate of drug-likeness (QED) is 0.901. The molecule has 0 saturated carbocycles. The minimum atomic E-state index is 0.377. The fraction of sp³-hybridized carbons (Fsp3) is 0.385. The van der Waals surface area contributed by atoms with Gasteiger partial charge in [-0.1, -0.05) is 0 Å². The van der Waals surface area contributed by atoms with E-state index in [1.54, 1.807) is 6.33 Å². The van der Waals surface area contributed by atoms with E-state index in [9.17, 15) is 0 Å². The molecule has 90 valence electrons. The number of thiophene rings is 1. The van der Waals surface area contributed by atoms with Gasteiger partial charge in [0.05, 0.1) is 0 Å². The van der Waals surface area contributed by atoms with Crippen molar-refractivity contribution in [1.29, 1.82) is 0 Å². The van der Waals surface area contributed by atoms with Crippen LogP contribution in [0.1, 0.15) is 22.4 Å². The molecule has 0 spiro atoms. The third-order valence-corrected chi connectivity index (χ3v) is 3.52. The Balaban J connectivity index is 1.95. The number of hydrogen-bond acceptors (Lipinski definition) is 4. The van der Waals surface area contributed by atoms with Gasteiger partial charge in [-0.2, -0.15) is 0 Å². The first kappa shape index (κ1) is 12.0. The van der Waals surface area contributed by atoms with Gasteiger partial charge in [0.1, 0.15) is 12.1 Å². The lowest BCUT2D eigenvalue weighted by Gasteiger charge is -2.13. The van der Waals surface area contributed by atoms with E-state index in [1.807, 2.05) is 24.3 Å². The van der Waals surface area contributed by atoms with Crippen molar-refractivity contribution >= 4 is 17.2 Å². The van der Waals surface area contributed by atoms with Crippen LogP contribution in [0.25, 0.3) is 0 Å². The normalized spacial score (nSPS) is 12.4. The highest BCUT2D eigenvalue weighted by molar-refractivity contribution is 7.11. The van der Waals surface area contributed by atoms with Gasteiger partial charge >= 0.3 is 0 Å². The first-order valence-corrected chi connectivity index (χ1v) is 6.55. The SMILES string of the molecule is Cc1cc(NC(C)Cc2ccc(C)s2)ncn1. The molecule has 0 aliphatic carbocycles. The Morgan fingerprint density at radius 3 is 2.76 bits per heavy atom. The first-order valence-electron chi connectivity index (χ1n) is 5.74. The summed E-state index contributed by atoms with van der Waals surface area (Å²) in [5.74, 6) is 0.901. The topological polar surface area (TPSA) is 37.8 Å². The lowest BCUT2D eigenvalue weighted by molar-refractivity contribution is 0.792. The van der Waals surface area contributed by atoms with Crippen molar-refractivity contribution in [2.45, 2.75) is 33.2 Å². The number of rotatable bonds is 4. The van der Waals surface area contributed by atoms with Gasteiger partial charge in [-0.15, -0.1) is 11.3 Å². The van der Waals surface area contributed by atoms with E-state index in [1.165, 1.54) is 9.75 Å². The Morgan fingerprint density at radius 1 is 1.29 bits per heavy atom. The molecule has 0 bridgehead atoms. The summed E-state index contributed by atoms with van der Waals surface area (Å²) in [7, 11) is 0. The van der Waals surface area contributed by atoms with Crippen LogP contribution >= 0.6 is 11.3 Å². The van der Waals surface area contributed by atoms with Crippen LogP contribution in [0.15, 0.2) is 24.5 Å². The summed E-state index contributed by atoms with van der Waals surface area (Å²) in [5.41, 5.74) is 0.988. The molecule has 0 aromatic carbocycles. The van der Waals surface area contributed by atoms with Gasteiger partial charge in [-0.25, -0.2) is 9.97 Å². The Morgan fingerprint density at radius 2 is 2.12 bits per heavy atom. The third-order valence-electron chi connectivity index (χ3n) is 2.50. The first-order chi connectivity index (χ1) is 8.13. The van der Waals surface area contributed by atoms with Crippen molar-refractivity contribution in [3.8, 4) is 0 Å². The molecule has 3 nitrogen and oxygen atoms in total. The van der Waals surface area contributed by atoms with Crippen LogP contribution in [-0.2, 0) is 6.42 Å². The zero-order chi connectivity index (χ0) is 12.3. The molecule has 2 rings (SSSR count). The summed E-state index contributed by atoms with van der Waals surface area (Å²) in [6.07, 6.45) is 2.63. The summed E-state index contributed by atoms with van der Waals surface area (Å²) in [5, 5.41) is 3.40. The van der Waals surface area contributed by atoms with Gasteiger partial charge in [0.2, 0.25) is 0 Å². The predicted octanol–water partition coefficient (Wildman–Crippen LogP) is 3.20. The molecule has 0 aliphatic rings.